The molecule has 0 radical (unpaired) electrons. The summed E-state index contributed by atoms with van der Waals surface area (Å²) in [6.07, 6.45) is 2.67. The van der Waals surface area contributed by atoms with Gasteiger partial charge in [0, 0.05) is 26.2 Å². The van der Waals surface area contributed by atoms with Crippen molar-refractivity contribution in [3.05, 3.63) is 36.4 Å². The molecule has 1 aromatic carbocycles. The summed E-state index contributed by atoms with van der Waals surface area (Å²) in [6, 6.07) is 7.82. The van der Waals surface area contributed by atoms with Crippen LogP contribution in [0.5, 0.6) is 5.75 Å². The Morgan fingerprint density at radius 1 is 1.08 bits per heavy atom. The minimum atomic E-state index is -0.965. The number of carboxylic acids is 1. The number of hydrogen-bond donors (Lipinski definition) is 1. The normalized spacial score (nSPS) is 29.9. The van der Waals surface area contributed by atoms with E-state index in [9.17, 15) is 14.7 Å². The van der Waals surface area contributed by atoms with E-state index in [1.54, 1.807) is 18.1 Å². The minimum absolute atomic E-state index is 0.117. The maximum atomic E-state index is 13.0. The number of nitrogens with zero attached hydrogens (tertiary/aromatic N) is 2. The second kappa shape index (κ2) is 6.64. The van der Waals surface area contributed by atoms with Crippen molar-refractivity contribution in [3.63, 3.8) is 0 Å². The van der Waals surface area contributed by atoms with Gasteiger partial charge in [-0.2, -0.15) is 0 Å². The Kier molecular flexibility index (Phi) is 4.32. The van der Waals surface area contributed by atoms with Crippen LogP contribution in [0.4, 0.5) is 5.69 Å². The fourth-order valence-electron chi connectivity index (χ4n) is 4.17. The maximum absolute atomic E-state index is 13.0. The van der Waals surface area contributed by atoms with Crippen LogP contribution in [0.25, 0.3) is 0 Å². The highest BCUT2D eigenvalue weighted by Gasteiger charge is 2.54. The summed E-state index contributed by atoms with van der Waals surface area (Å²) < 4.78 is 11.0. The molecule has 0 spiro atoms. The van der Waals surface area contributed by atoms with E-state index in [4.69, 9.17) is 9.47 Å². The predicted molar refractivity (Wildman–Crippen MR) is 94.2 cm³/mol. The molecule has 0 saturated carbocycles. The fourth-order valence-corrected chi connectivity index (χ4v) is 4.17. The number of ether oxygens (including phenoxy) is 2. The minimum Gasteiger partial charge on any atom is -0.495 e. The fraction of sp³-hybridized carbons (Fsp3) is 0.474. The van der Waals surface area contributed by atoms with Crippen molar-refractivity contribution < 1.29 is 24.2 Å². The zero-order chi connectivity index (χ0) is 18.3. The second-order valence-corrected chi connectivity index (χ2v) is 6.82. The smallest absolute Gasteiger partial charge is 0.310 e. The Bertz CT molecular complexity index is 741. The van der Waals surface area contributed by atoms with E-state index in [0.717, 1.165) is 11.4 Å². The highest BCUT2D eigenvalue weighted by atomic mass is 16.5. The van der Waals surface area contributed by atoms with Crippen LogP contribution in [-0.2, 0) is 14.3 Å². The van der Waals surface area contributed by atoms with Crippen LogP contribution in [0.15, 0.2) is 36.4 Å². The Morgan fingerprint density at radius 2 is 1.73 bits per heavy atom. The number of carboxylic acid groups (broad SMARTS) is 1. The molecule has 3 aliphatic rings. The quantitative estimate of drug-likeness (QED) is 0.809. The van der Waals surface area contributed by atoms with Gasteiger partial charge < -0.3 is 24.4 Å². The van der Waals surface area contributed by atoms with Gasteiger partial charge in [-0.15, -0.1) is 0 Å². The Morgan fingerprint density at radius 3 is 2.38 bits per heavy atom. The topological polar surface area (TPSA) is 79.3 Å². The van der Waals surface area contributed by atoms with Crippen molar-refractivity contribution in [2.24, 2.45) is 11.8 Å². The summed E-state index contributed by atoms with van der Waals surface area (Å²) in [5.41, 5.74) is 1.01. The number of benzene rings is 1. The first-order chi connectivity index (χ1) is 12.6. The molecule has 1 N–H and O–H groups in total. The van der Waals surface area contributed by atoms with Crippen molar-refractivity contribution in [2.75, 3.05) is 38.2 Å². The molecule has 138 valence electrons. The molecular formula is C19H22N2O5. The molecule has 0 unspecified atom stereocenters. The second-order valence-electron chi connectivity index (χ2n) is 6.82. The summed E-state index contributed by atoms with van der Waals surface area (Å²) in [7, 11) is 1.65. The van der Waals surface area contributed by atoms with Gasteiger partial charge in [0.15, 0.2) is 0 Å². The van der Waals surface area contributed by atoms with Gasteiger partial charge in [0.1, 0.15) is 11.7 Å². The van der Waals surface area contributed by atoms with E-state index in [0.29, 0.717) is 26.2 Å². The van der Waals surface area contributed by atoms with Crippen LogP contribution < -0.4 is 9.64 Å². The van der Waals surface area contributed by atoms with Crippen molar-refractivity contribution in [1.29, 1.82) is 0 Å². The first-order valence-corrected chi connectivity index (χ1v) is 8.83. The molecule has 4 atom stereocenters. The number of methoxy groups -OCH3 is 1. The molecule has 1 aromatic rings. The molecule has 2 bridgehead atoms. The molecular weight excluding hydrogens is 336 g/mol. The van der Waals surface area contributed by atoms with Gasteiger partial charge in [0.05, 0.1) is 30.9 Å². The number of rotatable bonds is 4. The number of hydrogen-bond acceptors (Lipinski definition) is 5. The number of para-hydroxylation sites is 2. The van der Waals surface area contributed by atoms with Gasteiger partial charge in [-0.1, -0.05) is 24.3 Å². The third-order valence-electron chi connectivity index (χ3n) is 5.49. The molecule has 3 aliphatic heterocycles. The third-order valence-corrected chi connectivity index (χ3v) is 5.49. The third kappa shape index (κ3) is 2.72. The molecule has 7 nitrogen and oxygen atoms in total. The van der Waals surface area contributed by atoms with E-state index in [-0.39, 0.29) is 5.91 Å². The highest BCUT2D eigenvalue weighted by molar-refractivity contribution is 5.87. The Hall–Kier alpha value is -2.54. The van der Waals surface area contributed by atoms with Crippen LogP contribution in [0.3, 0.4) is 0 Å². The van der Waals surface area contributed by atoms with E-state index >= 15 is 0 Å². The van der Waals surface area contributed by atoms with Crippen LogP contribution in [0, 0.1) is 11.8 Å². The zero-order valence-corrected chi connectivity index (χ0v) is 14.6. The number of amides is 1. The van der Waals surface area contributed by atoms with Gasteiger partial charge in [0.25, 0.3) is 0 Å². The number of carbonyl (C=O) groups is 2. The van der Waals surface area contributed by atoms with Crippen LogP contribution >= 0.6 is 0 Å². The van der Waals surface area contributed by atoms with Gasteiger partial charge in [0.2, 0.25) is 5.91 Å². The maximum Gasteiger partial charge on any atom is 0.310 e. The Balaban J connectivity index is 1.44. The number of aliphatic carboxylic acids is 1. The van der Waals surface area contributed by atoms with E-state index in [1.807, 2.05) is 30.3 Å². The largest absolute Gasteiger partial charge is 0.495 e. The number of anilines is 1. The number of carbonyl (C=O) groups excluding carboxylic acids is 1. The first kappa shape index (κ1) is 16.9. The van der Waals surface area contributed by atoms with Gasteiger partial charge in [-0.05, 0) is 12.1 Å². The SMILES string of the molecule is COc1ccccc1N1CCN(C(=O)[C@@H]2[C@H](C(=O)O)[C@H]3C=C[C@H]2O3)CC1. The van der Waals surface area contributed by atoms with E-state index in [1.165, 1.54) is 0 Å². The van der Waals surface area contributed by atoms with Crippen LogP contribution in [0.1, 0.15) is 0 Å². The predicted octanol–water partition coefficient (Wildman–Crippen LogP) is 0.998. The molecule has 3 heterocycles. The van der Waals surface area contributed by atoms with E-state index in [2.05, 4.69) is 4.90 Å². The zero-order valence-electron chi connectivity index (χ0n) is 14.6. The molecule has 26 heavy (non-hydrogen) atoms. The van der Waals surface area contributed by atoms with Crippen LogP contribution in [0.2, 0.25) is 0 Å². The molecule has 2 saturated heterocycles. The average molecular weight is 358 g/mol. The van der Waals surface area contributed by atoms with Crippen LogP contribution in [-0.4, -0.2) is 67.4 Å². The van der Waals surface area contributed by atoms with Crippen molar-refractivity contribution in [1.82, 2.24) is 4.90 Å². The Labute approximate surface area is 151 Å². The standard InChI is InChI=1S/C19H22N2O5/c1-25-13-5-3-2-4-12(13)20-8-10-21(11-9-20)18(22)16-14-6-7-15(26-14)17(16)19(23)24/h2-7,14-17H,8-11H2,1H3,(H,23,24)/t14-,15-,16+,17-/m1/s1. The van der Waals surface area contributed by atoms with Gasteiger partial charge in [-0.25, -0.2) is 0 Å². The summed E-state index contributed by atoms with van der Waals surface area (Å²) in [5.74, 6) is -1.68. The lowest BCUT2D eigenvalue weighted by molar-refractivity contribution is -0.149. The summed E-state index contributed by atoms with van der Waals surface area (Å²) in [6.45, 7) is 2.48. The van der Waals surface area contributed by atoms with Gasteiger partial charge in [-0.3, -0.25) is 9.59 Å². The molecule has 4 rings (SSSR count). The molecule has 0 aromatic heterocycles. The lowest BCUT2D eigenvalue weighted by atomic mass is 9.82. The summed E-state index contributed by atoms with van der Waals surface area (Å²) in [5, 5.41) is 9.49. The van der Waals surface area contributed by atoms with Crippen molar-refractivity contribution in [3.8, 4) is 5.75 Å². The molecule has 7 heteroatoms. The number of piperazine rings is 1. The monoisotopic (exact) mass is 358 g/mol. The summed E-state index contributed by atoms with van der Waals surface area (Å²) in [4.78, 5) is 28.5. The number of fused-ring (bicyclic) bond motifs is 2. The van der Waals surface area contributed by atoms with Gasteiger partial charge >= 0.3 is 5.97 Å². The van der Waals surface area contributed by atoms with Crippen molar-refractivity contribution >= 4 is 17.6 Å². The highest BCUT2D eigenvalue weighted by Crippen LogP contribution is 2.40. The lowest BCUT2D eigenvalue weighted by Crippen LogP contribution is -2.53. The lowest BCUT2D eigenvalue weighted by Gasteiger charge is -2.38. The van der Waals surface area contributed by atoms with Crippen molar-refractivity contribution in [2.45, 2.75) is 12.2 Å². The molecule has 0 aliphatic carbocycles. The van der Waals surface area contributed by atoms with E-state index < -0.39 is 30.0 Å². The molecule has 2 fully saturated rings. The first-order valence-electron chi connectivity index (χ1n) is 8.83. The average Bonchev–Trinajstić information content (AvgIpc) is 3.29. The molecule has 1 amide bonds. The summed E-state index contributed by atoms with van der Waals surface area (Å²) >= 11 is 0.